The summed E-state index contributed by atoms with van der Waals surface area (Å²) < 4.78 is 6.62. The molecule has 0 saturated carbocycles. The number of Topliss-reactive ketones (excluding diaryl/α,β-unsaturated/α-hetero) is 1. The van der Waals surface area contributed by atoms with E-state index in [9.17, 15) is 4.79 Å². The predicted molar refractivity (Wildman–Crippen MR) is 28.9 cm³/mol. The van der Waals surface area contributed by atoms with Crippen molar-refractivity contribution < 1.29 is 6.21 Å². The molecular weight excluding hydrogens is 90.1 g/mol. The van der Waals surface area contributed by atoms with Crippen molar-refractivity contribution in [3.8, 4) is 0 Å². The van der Waals surface area contributed by atoms with Gasteiger partial charge < -0.3 is 5.73 Å². The average molecular weight is 102 g/mol. The summed E-state index contributed by atoms with van der Waals surface area (Å²) >= 11 is 0. The first-order chi connectivity index (χ1) is 3.72. The molecule has 1 atom stereocenters. The van der Waals surface area contributed by atoms with Crippen LogP contribution < -0.4 is 5.73 Å². The number of carbonyl (C=O) groups excluding carboxylic acids is 1. The number of rotatable bonds is 3. The Kier molecular flexibility index (Phi) is 1.88. The molecule has 42 valence electrons. The van der Waals surface area contributed by atoms with Crippen molar-refractivity contribution in [2.75, 3.05) is 0 Å². The van der Waals surface area contributed by atoms with Crippen LogP contribution in [0, 0.1) is 0 Å². The second kappa shape index (κ2) is 2.75. The first kappa shape index (κ1) is 4.78. The van der Waals surface area contributed by atoms with E-state index in [2.05, 4.69) is 5.73 Å². The molecule has 0 fully saturated rings. The van der Waals surface area contributed by atoms with Gasteiger partial charge in [-0.1, -0.05) is 6.92 Å². The van der Waals surface area contributed by atoms with Gasteiger partial charge in [0.05, 0.1) is 6.04 Å². The number of hydrogen-bond donors (Lipinski definition) is 1. The minimum absolute atomic E-state index is 0.0301. The van der Waals surface area contributed by atoms with E-state index in [1.54, 1.807) is 0 Å². The lowest BCUT2D eigenvalue weighted by Crippen LogP contribution is -2.26. The van der Waals surface area contributed by atoms with E-state index in [4.69, 9.17) is 1.41 Å². The summed E-state index contributed by atoms with van der Waals surface area (Å²) in [6.45, 7) is 3.35. The molecule has 0 aromatic heterocycles. The molecule has 0 radical (unpaired) electrons. The third kappa shape index (κ3) is 2.34. The number of carbonyl (C=O) groups is 1. The van der Waals surface area contributed by atoms with Crippen LogP contribution in [0.25, 0.3) is 0 Å². The molecule has 0 saturated heterocycles. The molecule has 0 aliphatic carbocycles. The first-order valence-corrected chi connectivity index (χ1v) is 2.40. The van der Waals surface area contributed by atoms with Crippen molar-refractivity contribution in [3.05, 3.63) is 0 Å². The van der Waals surface area contributed by atoms with Crippen molar-refractivity contribution in [2.24, 2.45) is 5.73 Å². The van der Waals surface area contributed by atoms with Crippen LogP contribution in [0.4, 0.5) is 0 Å². The fourth-order valence-electron chi connectivity index (χ4n) is 0.287. The summed E-state index contributed by atoms with van der Waals surface area (Å²) in [4.78, 5) is 10.4. The highest BCUT2D eigenvalue weighted by Crippen LogP contribution is 1.84. The van der Waals surface area contributed by atoms with Crippen LogP contribution >= 0.6 is 0 Å². The molecule has 0 bridgehead atoms. The van der Waals surface area contributed by atoms with Crippen LogP contribution in [0.15, 0.2) is 0 Å². The Morgan fingerprint density at radius 1 is 2.14 bits per heavy atom. The molecule has 0 aliphatic heterocycles. The maximum atomic E-state index is 10.4. The van der Waals surface area contributed by atoms with Crippen LogP contribution in [-0.2, 0) is 4.79 Å². The zero-order valence-electron chi connectivity index (χ0n) is 5.69. The maximum absolute atomic E-state index is 10.4. The van der Waals surface area contributed by atoms with Crippen molar-refractivity contribution in [1.29, 1.82) is 0 Å². The summed E-state index contributed by atoms with van der Waals surface area (Å²) in [5, 5.41) is 0. The number of hydrogen-bond acceptors (Lipinski definition) is 2. The Bertz CT molecular complexity index is 80.5. The lowest BCUT2D eigenvalue weighted by molar-refractivity contribution is -0.118. The molecule has 2 heteroatoms. The predicted octanol–water partition coefficient (Wildman–Crippen LogP) is 0.313. The molecule has 0 aromatic carbocycles. The summed E-state index contributed by atoms with van der Waals surface area (Å²) in [6.07, 6.45) is 0.693. The highest BCUT2D eigenvalue weighted by atomic mass is 16.1. The lowest BCUT2D eigenvalue weighted by Gasteiger charge is -1.99. The third-order valence-corrected chi connectivity index (χ3v) is 0.899. The van der Waals surface area contributed by atoms with E-state index in [-0.39, 0.29) is 11.8 Å². The Morgan fingerprint density at radius 2 is 2.71 bits per heavy atom. The van der Waals surface area contributed by atoms with Crippen LogP contribution in [-0.4, -0.2) is 11.8 Å². The van der Waals surface area contributed by atoms with Crippen LogP contribution in [0.3, 0.4) is 0 Å². The molecule has 7 heavy (non-hydrogen) atoms. The van der Waals surface area contributed by atoms with Gasteiger partial charge in [0.25, 0.3) is 0 Å². The summed E-state index contributed by atoms with van der Waals surface area (Å²) in [6, 6.07) is -0.269. The monoisotopic (exact) mass is 102 g/mol. The second-order valence-electron chi connectivity index (χ2n) is 1.57. The van der Waals surface area contributed by atoms with Crippen molar-refractivity contribution >= 4 is 5.78 Å². The van der Waals surface area contributed by atoms with Gasteiger partial charge in [-0.25, -0.2) is 0 Å². The Balaban J connectivity index is 3.52. The summed E-state index contributed by atoms with van der Waals surface area (Å²) in [5.74, 6) is 0.0301. The zero-order valence-corrected chi connectivity index (χ0v) is 4.69. The molecule has 0 heterocycles. The van der Waals surface area contributed by atoms with Crippen LogP contribution in [0.1, 0.15) is 20.3 Å². The molecule has 0 aromatic rings. The SMILES string of the molecule is [2H]NC(CC)C(C)=O. The maximum Gasteiger partial charge on any atom is 0.146 e. The van der Waals surface area contributed by atoms with E-state index >= 15 is 0 Å². The highest BCUT2D eigenvalue weighted by Gasteiger charge is 2.01. The van der Waals surface area contributed by atoms with Gasteiger partial charge in [-0.3, -0.25) is 4.79 Å². The van der Waals surface area contributed by atoms with E-state index in [1.165, 1.54) is 6.92 Å². The van der Waals surface area contributed by atoms with E-state index in [1.807, 2.05) is 6.92 Å². The highest BCUT2D eigenvalue weighted by molar-refractivity contribution is 5.80. The molecule has 0 aliphatic rings. The van der Waals surface area contributed by atoms with Crippen LogP contribution in [0.2, 0.25) is 1.41 Å². The molecule has 1 unspecified atom stereocenters. The third-order valence-electron chi connectivity index (χ3n) is 0.899. The summed E-state index contributed by atoms with van der Waals surface area (Å²) in [7, 11) is 0. The van der Waals surface area contributed by atoms with Crippen molar-refractivity contribution in [2.45, 2.75) is 26.3 Å². The standard InChI is InChI=1S/C5H11NO/c1-3-5(6)4(2)7/h5H,3,6H2,1-2H3/i/hD. The molecule has 2 N–H and O–H groups in total. The molecular formula is C5H11NO. The zero-order chi connectivity index (χ0) is 6.57. The quantitative estimate of drug-likeness (QED) is 0.557. The Labute approximate surface area is 45.2 Å². The van der Waals surface area contributed by atoms with E-state index in [0.29, 0.717) is 6.42 Å². The normalized spacial score (nSPS) is 15.4. The average Bonchev–Trinajstić information content (AvgIpc) is 1.69. The largest absolute Gasteiger partial charge is 0.322 e. The fraction of sp³-hybridized carbons (Fsp3) is 0.800. The van der Waals surface area contributed by atoms with Gasteiger partial charge >= 0.3 is 0 Å². The van der Waals surface area contributed by atoms with Gasteiger partial charge in [-0.05, 0) is 13.3 Å². The molecule has 0 spiro atoms. The van der Waals surface area contributed by atoms with Gasteiger partial charge in [0, 0.05) is 0 Å². The summed E-state index contributed by atoms with van der Waals surface area (Å²) in [5.41, 5.74) is 2.15. The molecule has 0 amide bonds. The fourth-order valence-corrected chi connectivity index (χ4v) is 0.287. The second-order valence-corrected chi connectivity index (χ2v) is 1.57. The number of ketones is 1. The smallest absolute Gasteiger partial charge is 0.146 e. The van der Waals surface area contributed by atoms with Crippen molar-refractivity contribution in [3.63, 3.8) is 0 Å². The van der Waals surface area contributed by atoms with Gasteiger partial charge in [0.2, 0.25) is 0 Å². The van der Waals surface area contributed by atoms with Crippen LogP contribution in [0.5, 0.6) is 0 Å². The van der Waals surface area contributed by atoms with Crippen molar-refractivity contribution in [1.82, 2.24) is 0 Å². The number of nitrogens with two attached hydrogens (primary N) is 1. The van der Waals surface area contributed by atoms with Gasteiger partial charge in [-0.15, -0.1) is 0 Å². The van der Waals surface area contributed by atoms with Gasteiger partial charge in [0.15, 0.2) is 0 Å². The molecule has 2 nitrogen and oxygen atoms in total. The topological polar surface area (TPSA) is 43.1 Å². The van der Waals surface area contributed by atoms with E-state index < -0.39 is 0 Å². The van der Waals surface area contributed by atoms with E-state index in [0.717, 1.165) is 0 Å². The van der Waals surface area contributed by atoms with Gasteiger partial charge in [-0.2, -0.15) is 0 Å². The first-order valence-electron chi connectivity index (χ1n) is 2.90. The minimum atomic E-state index is -0.269. The minimum Gasteiger partial charge on any atom is -0.322 e. The Morgan fingerprint density at radius 3 is 2.71 bits per heavy atom. The molecule has 0 rings (SSSR count). The van der Waals surface area contributed by atoms with Gasteiger partial charge in [0.1, 0.15) is 7.20 Å². The Hall–Kier alpha value is -0.370. The lowest BCUT2D eigenvalue weighted by atomic mass is 10.2.